The summed E-state index contributed by atoms with van der Waals surface area (Å²) in [5, 5.41) is 14.9. The monoisotopic (exact) mass is 381 g/mol. The summed E-state index contributed by atoms with van der Waals surface area (Å²) < 4.78 is 0. The molecular weight excluding hydrogens is 354 g/mol. The Kier molecular flexibility index (Phi) is 5.36. The lowest BCUT2D eigenvalue weighted by Crippen LogP contribution is -2.51. The molecule has 0 amide bonds. The van der Waals surface area contributed by atoms with Crippen LogP contribution in [-0.4, -0.2) is 27.7 Å². The third kappa shape index (κ3) is 3.98. The minimum Gasteiger partial charge on any atom is -0.364 e. The highest BCUT2D eigenvalue weighted by Crippen LogP contribution is 2.44. The van der Waals surface area contributed by atoms with Gasteiger partial charge in [-0.15, -0.1) is 0 Å². The van der Waals surface area contributed by atoms with Crippen molar-refractivity contribution in [2.24, 2.45) is 5.10 Å². The zero-order chi connectivity index (χ0) is 20.5. The maximum absolute atomic E-state index is 10.7. The van der Waals surface area contributed by atoms with Crippen LogP contribution in [0.5, 0.6) is 0 Å². The van der Waals surface area contributed by atoms with E-state index in [0.717, 1.165) is 12.0 Å². The van der Waals surface area contributed by atoms with Gasteiger partial charge in [-0.1, -0.05) is 13.0 Å². The predicted molar refractivity (Wildman–Crippen MR) is 113 cm³/mol. The van der Waals surface area contributed by atoms with Gasteiger partial charge < -0.3 is 4.90 Å². The number of hydrogen-bond acceptors (Lipinski definition) is 6. The Morgan fingerprint density at radius 3 is 2.71 bits per heavy atom. The summed E-state index contributed by atoms with van der Waals surface area (Å²) in [6, 6.07) is 9.80. The molecule has 0 saturated heterocycles. The number of nitrogens with one attached hydrogen (secondary N) is 1. The second-order valence-corrected chi connectivity index (χ2v) is 8.23. The number of fused-ring (bicyclic) bond motifs is 1. The van der Waals surface area contributed by atoms with Gasteiger partial charge in [-0.2, -0.15) is 5.10 Å². The number of hydrogen-bond donors (Lipinski definition) is 1. The van der Waals surface area contributed by atoms with Gasteiger partial charge in [0.05, 0.1) is 11.1 Å². The molecule has 0 aliphatic carbocycles. The Morgan fingerprint density at radius 2 is 2.11 bits per heavy atom. The Hall–Kier alpha value is -2.96. The lowest BCUT2D eigenvalue weighted by atomic mass is 9.79. The van der Waals surface area contributed by atoms with E-state index in [9.17, 15) is 10.1 Å². The summed E-state index contributed by atoms with van der Waals surface area (Å²) in [4.78, 5) is 16.7. The third-order valence-corrected chi connectivity index (χ3v) is 5.17. The molecule has 1 atom stereocenters. The molecule has 1 unspecified atom stereocenters. The van der Waals surface area contributed by atoms with Crippen LogP contribution in [0.25, 0.3) is 0 Å². The van der Waals surface area contributed by atoms with Gasteiger partial charge >= 0.3 is 0 Å². The van der Waals surface area contributed by atoms with Crippen LogP contribution in [0.15, 0.2) is 41.6 Å². The second kappa shape index (κ2) is 7.58. The van der Waals surface area contributed by atoms with E-state index in [0.29, 0.717) is 17.8 Å². The van der Waals surface area contributed by atoms with Crippen molar-refractivity contribution in [2.75, 3.05) is 10.3 Å². The molecular formula is C21H27N5O2. The standard InChI is InChI=1S/C21H27N5O2/c1-14(2)25-19-8-6-16(10-18(19)15(3)11-21(25,4)5)12-23-24-20-9-7-17(13-22-20)26(27)28/h6-10,12-15H,11H2,1-5H3,(H,22,24)/b23-12+. The highest BCUT2D eigenvalue weighted by molar-refractivity contribution is 5.82. The Morgan fingerprint density at radius 1 is 1.36 bits per heavy atom. The molecule has 0 fully saturated rings. The quantitative estimate of drug-likeness (QED) is 0.451. The molecule has 2 heterocycles. The summed E-state index contributed by atoms with van der Waals surface area (Å²) in [5.41, 5.74) is 6.53. The smallest absolute Gasteiger partial charge is 0.287 e. The fraction of sp³-hybridized carbons (Fsp3) is 0.429. The van der Waals surface area contributed by atoms with Crippen molar-refractivity contribution >= 4 is 23.4 Å². The molecule has 0 saturated carbocycles. The lowest BCUT2D eigenvalue weighted by molar-refractivity contribution is -0.385. The molecule has 148 valence electrons. The minimum atomic E-state index is -0.476. The van der Waals surface area contributed by atoms with E-state index in [1.165, 1.54) is 29.6 Å². The van der Waals surface area contributed by atoms with Gasteiger partial charge in [-0.25, -0.2) is 4.98 Å². The van der Waals surface area contributed by atoms with E-state index in [1.807, 2.05) is 0 Å². The summed E-state index contributed by atoms with van der Waals surface area (Å²) >= 11 is 0. The summed E-state index contributed by atoms with van der Waals surface area (Å²) in [6.45, 7) is 11.4. The van der Waals surface area contributed by atoms with E-state index in [4.69, 9.17) is 0 Å². The number of hydrazone groups is 1. The van der Waals surface area contributed by atoms with Crippen LogP contribution < -0.4 is 10.3 Å². The van der Waals surface area contributed by atoms with Crippen LogP contribution in [0.2, 0.25) is 0 Å². The number of anilines is 2. The van der Waals surface area contributed by atoms with Crippen LogP contribution in [0, 0.1) is 10.1 Å². The van der Waals surface area contributed by atoms with Crippen molar-refractivity contribution < 1.29 is 4.92 Å². The first-order chi connectivity index (χ1) is 13.2. The third-order valence-electron chi connectivity index (χ3n) is 5.17. The predicted octanol–water partition coefficient (Wildman–Crippen LogP) is 4.94. The molecule has 28 heavy (non-hydrogen) atoms. The molecule has 0 radical (unpaired) electrons. The minimum absolute atomic E-state index is 0.0455. The Bertz CT molecular complexity index is 890. The number of pyridine rings is 1. The first kappa shape index (κ1) is 19.8. The molecule has 3 rings (SSSR count). The molecule has 1 aliphatic heterocycles. The van der Waals surface area contributed by atoms with Crippen molar-refractivity contribution in [3.8, 4) is 0 Å². The van der Waals surface area contributed by atoms with Gasteiger partial charge in [0.25, 0.3) is 5.69 Å². The van der Waals surface area contributed by atoms with Gasteiger partial charge in [-0.05, 0) is 69.4 Å². The van der Waals surface area contributed by atoms with E-state index in [-0.39, 0.29) is 11.2 Å². The topological polar surface area (TPSA) is 83.7 Å². The molecule has 1 aromatic carbocycles. The Labute approximate surface area is 165 Å². The van der Waals surface area contributed by atoms with Crippen molar-refractivity contribution in [2.45, 2.75) is 58.5 Å². The number of nitrogens with zero attached hydrogens (tertiary/aromatic N) is 4. The summed E-state index contributed by atoms with van der Waals surface area (Å²) in [7, 11) is 0. The number of benzene rings is 1. The molecule has 7 heteroatoms. The van der Waals surface area contributed by atoms with Crippen LogP contribution in [0.3, 0.4) is 0 Å². The average molecular weight is 381 g/mol. The average Bonchev–Trinajstić information content (AvgIpc) is 2.61. The molecule has 1 aliphatic rings. The molecule has 2 aromatic rings. The van der Waals surface area contributed by atoms with Gasteiger partial charge in [0.1, 0.15) is 12.0 Å². The normalized spacial score (nSPS) is 18.4. The maximum atomic E-state index is 10.7. The summed E-state index contributed by atoms with van der Waals surface area (Å²) in [5.74, 6) is 0.929. The fourth-order valence-electron chi connectivity index (χ4n) is 4.26. The van der Waals surface area contributed by atoms with Crippen molar-refractivity contribution in [1.29, 1.82) is 0 Å². The van der Waals surface area contributed by atoms with E-state index in [1.54, 1.807) is 6.21 Å². The van der Waals surface area contributed by atoms with Crippen LogP contribution in [0.1, 0.15) is 58.1 Å². The van der Waals surface area contributed by atoms with Gasteiger partial charge in [-0.3, -0.25) is 15.5 Å². The van der Waals surface area contributed by atoms with Crippen molar-refractivity contribution in [3.63, 3.8) is 0 Å². The molecule has 7 nitrogen and oxygen atoms in total. The maximum Gasteiger partial charge on any atom is 0.287 e. The lowest BCUT2D eigenvalue weighted by Gasteiger charge is -2.50. The van der Waals surface area contributed by atoms with Gasteiger partial charge in [0.2, 0.25) is 0 Å². The number of nitro groups is 1. The van der Waals surface area contributed by atoms with Gasteiger partial charge in [0.15, 0.2) is 0 Å². The number of rotatable bonds is 5. The van der Waals surface area contributed by atoms with E-state index < -0.39 is 4.92 Å². The first-order valence-electron chi connectivity index (χ1n) is 9.52. The SMILES string of the molecule is CC1CC(C)(C)N(C(C)C)c2ccc(/C=N/Nc3ccc([N+](=O)[O-])cn3)cc21. The van der Waals surface area contributed by atoms with Crippen LogP contribution in [-0.2, 0) is 0 Å². The largest absolute Gasteiger partial charge is 0.364 e. The summed E-state index contributed by atoms with van der Waals surface area (Å²) in [6.07, 6.45) is 4.06. The number of aromatic nitrogens is 1. The highest BCUT2D eigenvalue weighted by Gasteiger charge is 2.37. The molecule has 0 spiro atoms. The zero-order valence-corrected chi connectivity index (χ0v) is 17.0. The van der Waals surface area contributed by atoms with Crippen molar-refractivity contribution in [1.82, 2.24) is 4.98 Å². The Balaban J connectivity index is 1.79. The van der Waals surface area contributed by atoms with Crippen LogP contribution >= 0.6 is 0 Å². The highest BCUT2D eigenvalue weighted by atomic mass is 16.6. The van der Waals surface area contributed by atoms with Gasteiger partial charge in [0, 0.05) is 23.3 Å². The first-order valence-corrected chi connectivity index (χ1v) is 9.52. The molecule has 0 bridgehead atoms. The second-order valence-electron chi connectivity index (χ2n) is 8.23. The fourth-order valence-corrected chi connectivity index (χ4v) is 4.26. The van der Waals surface area contributed by atoms with Crippen molar-refractivity contribution in [3.05, 3.63) is 57.8 Å². The molecule has 1 N–H and O–H groups in total. The van der Waals surface area contributed by atoms with E-state index in [2.05, 4.69) is 73.2 Å². The molecule has 1 aromatic heterocycles. The zero-order valence-electron chi connectivity index (χ0n) is 17.0. The van der Waals surface area contributed by atoms with Crippen LogP contribution in [0.4, 0.5) is 17.2 Å². The van der Waals surface area contributed by atoms with E-state index >= 15 is 0 Å².